The Kier molecular flexibility index (Phi) is 41.8. The van der Waals surface area contributed by atoms with Crippen LogP contribution in [0.2, 0.25) is 0 Å². The van der Waals surface area contributed by atoms with Crippen molar-refractivity contribution in [2.75, 3.05) is 33.0 Å². The minimum atomic E-state index is -4.58. The van der Waals surface area contributed by atoms with E-state index in [1.807, 2.05) is 69.2 Å². The molecule has 0 aliphatic carbocycles. The Balaban J connectivity index is -0.000000225. The highest BCUT2D eigenvalue weighted by molar-refractivity contribution is 5.80. The van der Waals surface area contributed by atoms with Gasteiger partial charge in [0.1, 0.15) is 12.2 Å². The molecule has 0 aromatic rings. The van der Waals surface area contributed by atoms with Crippen molar-refractivity contribution in [1.29, 1.82) is 0 Å². The Morgan fingerprint density at radius 3 is 1.06 bits per heavy atom. The van der Waals surface area contributed by atoms with Gasteiger partial charge in [-0.1, -0.05) is 41.5 Å². The molecule has 514 valence electrons. The molecule has 0 aliphatic heterocycles. The molecule has 16 nitrogen and oxygen atoms in total. The third-order valence-electron chi connectivity index (χ3n) is 13.9. The Morgan fingerprint density at radius 2 is 0.756 bits per heavy atom. The first-order chi connectivity index (χ1) is 38.0. The van der Waals surface area contributed by atoms with E-state index in [4.69, 9.17) is 18.9 Å². The highest BCUT2D eigenvalue weighted by atomic mass is 19.4. The van der Waals surface area contributed by atoms with E-state index in [1.165, 1.54) is 0 Å². The van der Waals surface area contributed by atoms with E-state index in [1.54, 1.807) is 104 Å². The van der Waals surface area contributed by atoms with E-state index in [-0.39, 0.29) is 43.0 Å². The minimum Gasteiger partial charge on any atom is -0.466 e. The summed E-state index contributed by atoms with van der Waals surface area (Å²) in [4.78, 5) is 79.1. The van der Waals surface area contributed by atoms with Crippen molar-refractivity contribution in [3.63, 3.8) is 0 Å². The van der Waals surface area contributed by atoms with Gasteiger partial charge in [-0.15, -0.1) is 0 Å². The average Bonchev–Trinajstić information content (AvgIpc) is 3.37. The van der Waals surface area contributed by atoms with Crippen LogP contribution in [0.4, 0.5) is 43.9 Å². The second-order valence-corrected chi connectivity index (χ2v) is 25.7. The van der Waals surface area contributed by atoms with Crippen LogP contribution in [-0.4, -0.2) is 133 Å². The molecule has 0 amide bonds. The van der Waals surface area contributed by atoms with Crippen LogP contribution in [-0.2, 0) is 66.7 Å². The highest BCUT2D eigenvalue weighted by Gasteiger charge is 2.44. The summed E-state index contributed by atoms with van der Waals surface area (Å²) in [6, 6.07) is 0. The van der Waals surface area contributed by atoms with Gasteiger partial charge in [0.25, 0.3) is 0 Å². The van der Waals surface area contributed by atoms with Crippen LogP contribution in [0.3, 0.4) is 0 Å². The number of rotatable bonds is 26. The Labute approximate surface area is 505 Å². The first kappa shape index (κ1) is 92.7. The van der Waals surface area contributed by atoms with Gasteiger partial charge in [-0.05, 0) is 183 Å². The van der Waals surface area contributed by atoms with E-state index in [2.05, 4.69) is 14.2 Å². The summed E-state index contributed by atoms with van der Waals surface area (Å²) in [6.45, 7) is 42.3. The lowest BCUT2D eigenvalue weighted by Gasteiger charge is -2.38. The van der Waals surface area contributed by atoms with Crippen LogP contribution in [0, 0.1) is 32.5 Å². The minimum absolute atomic E-state index is 0.0509. The fourth-order valence-corrected chi connectivity index (χ4v) is 3.81. The van der Waals surface area contributed by atoms with Gasteiger partial charge >= 0.3 is 66.5 Å². The SMILES string of the molecule is CCC(C)(C)C(=O)OC(C)(C)C(C)(C)O.CCC(C)(C)C(=O)OC(C)C(F)(F)F.CCC(C)(C)C(=O)OCC(=O)OCC(F)(F)F.CCC(C)(C)C(=O)OCC(C)(C)O.CCC(C)(C)C(=O)OCCCC(F)(F)C(F)F.CCOC(=O)C(C)(C)CC. The second-order valence-electron chi connectivity index (χ2n) is 25.7. The molecule has 0 heterocycles. The van der Waals surface area contributed by atoms with Crippen molar-refractivity contribution in [3.8, 4) is 0 Å². The number of alkyl halides is 10. The molecule has 0 bridgehead atoms. The number of carbonyl (C=O) groups excluding carboxylic acids is 7. The quantitative estimate of drug-likeness (QED) is 0.0355. The molecule has 86 heavy (non-hydrogen) atoms. The zero-order chi connectivity index (χ0) is 70.3. The molecule has 1 atom stereocenters. The molecule has 0 rings (SSSR count). The molecule has 0 fully saturated rings. The third-order valence-corrected chi connectivity index (χ3v) is 13.9. The smallest absolute Gasteiger partial charge is 0.425 e. The summed E-state index contributed by atoms with van der Waals surface area (Å²) >= 11 is 0. The fraction of sp³-hybridized carbons (Fsp3) is 0.883. The maximum Gasteiger partial charge on any atom is 0.425 e. The second kappa shape index (κ2) is 38.8. The zero-order valence-electron chi connectivity index (χ0n) is 56.2. The number of carbonyl (C=O) groups is 7. The molecule has 1 unspecified atom stereocenters. The van der Waals surface area contributed by atoms with Crippen molar-refractivity contribution in [2.24, 2.45) is 32.5 Å². The van der Waals surface area contributed by atoms with Crippen LogP contribution in [0.5, 0.6) is 0 Å². The molecule has 0 saturated carbocycles. The van der Waals surface area contributed by atoms with Gasteiger partial charge in [0, 0.05) is 6.42 Å². The average molecular weight is 1280 g/mol. The monoisotopic (exact) mass is 1270 g/mol. The van der Waals surface area contributed by atoms with Crippen molar-refractivity contribution >= 4 is 41.8 Å². The predicted octanol–water partition coefficient (Wildman–Crippen LogP) is 14.9. The summed E-state index contributed by atoms with van der Waals surface area (Å²) in [7, 11) is 0. The molecule has 0 radical (unpaired) electrons. The van der Waals surface area contributed by atoms with E-state index < -0.39 is 118 Å². The van der Waals surface area contributed by atoms with Gasteiger partial charge < -0.3 is 43.4 Å². The van der Waals surface area contributed by atoms with Crippen LogP contribution < -0.4 is 0 Å². The molecule has 0 aromatic heterocycles. The summed E-state index contributed by atoms with van der Waals surface area (Å²) in [5.74, 6) is -7.81. The first-order valence-electron chi connectivity index (χ1n) is 28.5. The normalized spacial score (nSPS) is 13.1. The van der Waals surface area contributed by atoms with Crippen LogP contribution in [0.25, 0.3) is 0 Å². The summed E-state index contributed by atoms with van der Waals surface area (Å²) in [6.07, 6.45) is -12.3. The number of esters is 7. The van der Waals surface area contributed by atoms with Gasteiger partial charge in [0.15, 0.2) is 19.3 Å². The van der Waals surface area contributed by atoms with Crippen LogP contribution >= 0.6 is 0 Å². The number of hydrogen-bond acceptors (Lipinski definition) is 16. The Morgan fingerprint density at radius 1 is 0.430 bits per heavy atom. The zero-order valence-corrected chi connectivity index (χ0v) is 56.2. The van der Waals surface area contributed by atoms with Gasteiger partial charge in [-0.3, -0.25) is 28.8 Å². The number of halogens is 10. The van der Waals surface area contributed by atoms with E-state index in [0.717, 1.165) is 19.8 Å². The van der Waals surface area contributed by atoms with Crippen LogP contribution in [0.1, 0.15) is 231 Å². The van der Waals surface area contributed by atoms with Gasteiger partial charge in [0.2, 0.25) is 0 Å². The predicted molar refractivity (Wildman–Crippen MR) is 306 cm³/mol. The molecule has 0 saturated heterocycles. The lowest BCUT2D eigenvalue weighted by Crippen LogP contribution is -2.50. The maximum atomic E-state index is 12.5. The van der Waals surface area contributed by atoms with Crippen molar-refractivity contribution in [3.05, 3.63) is 0 Å². The van der Waals surface area contributed by atoms with E-state index >= 15 is 0 Å². The van der Waals surface area contributed by atoms with E-state index in [0.29, 0.717) is 32.3 Å². The largest absolute Gasteiger partial charge is 0.466 e. The van der Waals surface area contributed by atoms with Crippen LogP contribution in [0.15, 0.2) is 0 Å². The van der Waals surface area contributed by atoms with Gasteiger partial charge in [0.05, 0.1) is 56.9 Å². The van der Waals surface area contributed by atoms with Crippen molar-refractivity contribution in [1.82, 2.24) is 0 Å². The molecule has 2 N–H and O–H groups in total. The molecule has 0 spiro atoms. The lowest BCUT2D eigenvalue weighted by molar-refractivity contribution is -0.221. The van der Waals surface area contributed by atoms with E-state index in [9.17, 15) is 87.7 Å². The molecular formula is C60H108F10O16. The summed E-state index contributed by atoms with van der Waals surface area (Å²) in [5.41, 5.74) is -6.44. The highest BCUT2D eigenvalue weighted by Crippen LogP contribution is 2.32. The summed E-state index contributed by atoms with van der Waals surface area (Å²) in [5, 5.41) is 19.2. The molecule has 0 aromatic carbocycles. The topological polar surface area (TPSA) is 225 Å². The first-order valence-corrected chi connectivity index (χ1v) is 28.5. The standard InChI is InChI=1S/C12H24O3.C11H18F4O2.C10H15F3O4.C10H20O3.C9H15F3O2.C8H16O2/c1-8-10(2,3)9(13)15-12(6,7)11(4,5)14;1-4-10(2,3)9(16)17-7-5-6-11(14,15)8(12)13;1-4-9(2,3)8(15)16-5-7(14)17-6-10(11,12)13;1-6-9(2,3)8(11)13-7-10(4,5)12;1-5-8(3,4)7(13)14-6(2)9(10,11)12;1-5-8(3,4)7(9)10-6-2/h14H,8H2,1-7H3;8H,4-7H2,1-3H3;4-6H2,1-3H3;12H,6-7H2,1-5H3;6H,5H2,1-4H3;5-6H2,1-4H3. The van der Waals surface area contributed by atoms with Crippen molar-refractivity contribution < 1.29 is 121 Å². The Bertz CT molecular complexity index is 2000. The van der Waals surface area contributed by atoms with Gasteiger partial charge in [-0.2, -0.15) is 26.3 Å². The number of ether oxygens (including phenoxy) is 7. The summed E-state index contributed by atoms with van der Waals surface area (Å²) < 4.78 is 152. The lowest BCUT2D eigenvalue weighted by atomic mass is 9.87. The van der Waals surface area contributed by atoms with Crippen molar-refractivity contribution in [2.45, 2.75) is 279 Å². The fourth-order valence-electron chi connectivity index (χ4n) is 3.81. The number of aliphatic hydroxyl groups is 2. The maximum absolute atomic E-state index is 12.5. The van der Waals surface area contributed by atoms with Gasteiger partial charge in [-0.25, -0.2) is 22.4 Å². The molecule has 0 aliphatic rings. The molecule has 26 heteroatoms. The number of hydrogen-bond donors (Lipinski definition) is 2. The Hall–Kier alpha value is -4.49. The third kappa shape index (κ3) is 42.4. The molecular weight excluding hydrogens is 1170 g/mol.